The van der Waals surface area contributed by atoms with Gasteiger partial charge in [-0.05, 0) is 42.0 Å². The largest absolute Gasteiger partial charge is 0.507 e. The van der Waals surface area contributed by atoms with Crippen molar-refractivity contribution in [2.24, 2.45) is 0 Å². The van der Waals surface area contributed by atoms with Gasteiger partial charge in [0.1, 0.15) is 11.3 Å². The highest BCUT2D eigenvalue weighted by Crippen LogP contribution is 2.25. The topological polar surface area (TPSA) is 116 Å². The zero-order valence-electron chi connectivity index (χ0n) is 16.0. The molecule has 7 nitrogen and oxygen atoms in total. The Morgan fingerprint density at radius 3 is 1.73 bits per heavy atom. The number of hydrogen-bond donors (Lipinski definition) is 4. The number of rotatable bonds is 7. The zero-order valence-corrected chi connectivity index (χ0v) is 16.0. The van der Waals surface area contributed by atoms with Gasteiger partial charge < -0.3 is 20.8 Å². The highest BCUT2D eigenvalue weighted by Gasteiger charge is 2.17. The van der Waals surface area contributed by atoms with Crippen molar-refractivity contribution in [3.8, 4) is 5.75 Å². The highest BCUT2D eigenvalue weighted by molar-refractivity contribution is 5.95. The first-order chi connectivity index (χ1) is 14.5. The predicted molar refractivity (Wildman–Crippen MR) is 110 cm³/mol. The molecular weight excluding hydrogens is 384 g/mol. The average molecular weight is 404 g/mol. The van der Waals surface area contributed by atoms with Crippen molar-refractivity contribution in [2.45, 2.75) is 13.1 Å². The first-order valence-electron chi connectivity index (χ1n) is 9.20. The minimum atomic E-state index is -1.31. The SMILES string of the molecule is O=C(NCc1cc(CNC(=O)c2ccccc2)c(O)c(C(=O)O)c1)c1ccccc1. The number of hydrogen-bond acceptors (Lipinski definition) is 4. The van der Waals surface area contributed by atoms with E-state index < -0.39 is 11.7 Å². The van der Waals surface area contributed by atoms with E-state index in [1.165, 1.54) is 6.07 Å². The van der Waals surface area contributed by atoms with Crippen LogP contribution >= 0.6 is 0 Å². The first kappa shape index (κ1) is 20.6. The summed E-state index contributed by atoms with van der Waals surface area (Å²) in [6.07, 6.45) is 0. The lowest BCUT2D eigenvalue weighted by atomic mass is 10.0. The van der Waals surface area contributed by atoms with Crippen molar-refractivity contribution < 1.29 is 24.6 Å². The molecule has 0 aromatic heterocycles. The van der Waals surface area contributed by atoms with Crippen molar-refractivity contribution in [3.05, 3.63) is 101 Å². The fraction of sp³-hybridized carbons (Fsp3) is 0.0870. The molecule has 0 aliphatic rings. The van der Waals surface area contributed by atoms with E-state index in [1.54, 1.807) is 66.7 Å². The smallest absolute Gasteiger partial charge is 0.339 e. The Morgan fingerprint density at radius 2 is 1.23 bits per heavy atom. The van der Waals surface area contributed by atoms with Gasteiger partial charge in [-0.2, -0.15) is 0 Å². The van der Waals surface area contributed by atoms with Crippen molar-refractivity contribution in [1.29, 1.82) is 0 Å². The van der Waals surface area contributed by atoms with Crippen LogP contribution in [0.5, 0.6) is 5.75 Å². The third-order valence-corrected chi connectivity index (χ3v) is 4.44. The summed E-state index contributed by atoms with van der Waals surface area (Å²) >= 11 is 0. The van der Waals surface area contributed by atoms with Gasteiger partial charge >= 0.3 is 5.97 Å². The van der Waals surface area contributed by atoms with Crippen LogP contribution < -0.4 is 10.6 Å². The number of phenols is 1. The molecule has 4 N–H and O–H groups in total. The molecule has 7 heteroatoms. The first-order valence-corrected chi connectivity index (χ1v) is 9.20. The van der Waals surface area contributed by atoms with Gasteiger partial charge in [-0.3, -0.25) is 9.59 Å². The van der Waals surface area contributed by atoms with Crippen LogP contribution in [0.4, 0.5) is 0 Å². The Bertz CT molecular complexity index is 1070. The van der Waals surface area contributed by atoms with Crippen LogP contribution in [0.1, 0.15) is 42.2 Å². The van der Waals surface area contributed by atoms with E-state index in [9.17, 15) is 24.6 Å². The molecule has 3 aromatic carbocycles. The summed E-state index contributed by atoms with van der Waals surface area (Å²) in [5, 5.41) is 25.1. The Morgan fingerprint density at radius 1 is 0.733 bits per heavy atom. The molecule has 3 rings (SSSR count). The second kappa shape index (κ2) is 9.38. The molecule has 0 spiro atoms. The molecule has 0 atom stereocenters. The fourth-order valence-corrected chi connectivity index (χ4v) is 2.90. The Labute approximate surface area is 173 Å². The fourth-order valence-electron chi connectivity index (χ4n) is 2.90. The molecule has 2 amide bonds. The number of nitrogens with one attached hydrogen (secondary N) is 2. The molecular formula is C23H20N2O5. The minimum Gasteiger partial charge on any atom is -0.507 e. The summed E-state index contributed by atoms with van der Waals surface area (Å²) in [7, 11) is 0. The Kier molecular flexibility index (Phi) is 6.44. The molecule has 0 saturated carbocycles. The van der Waals surface area contributed by atoms with E-state index in [0.717, 1.165) is 0 Å². The number of amides is 2. The lowest BCUT2D eigenvalue weighted by Gasteiger charge is -2.13. The zero-order chi connectivity index (χ0) is 21.5. The summed E-state index contributed by atoms with van der Waals surface area (Å²) < 4.78 is 0. The van der Waals surface area contributed by atoms with Gasteiger partial charge in [0, 0.05) is 29.8 Å². The standard InChI is InChI=1S/C23H20N2O5/c26-20-18(14-25-22(28)17-9-5-2-6-10-17)11-15(12-19(20)23(29)30)13-24-21(27)16-7-3-1-4-8-16/h1-12,26H,13-14H2,(H,24,27)(H,25,28)(H,29,30). The monoisotopic (exact) mass is 404 g/mol. The van der Waals surface area contributed by atoms with E-state index >= 15 is 0 Å². The van der Waals surface area contributed by atoms with Crippen LogP contribution in [-0.2, 0) is 13.1 Å². The number of benzene rings is 3. The summed E-state index contributed by atoms with van der Waals surface area (Å²) in [5.74, 6) is -2.39. The molecule has 0 saturated heterocycles. The Hall–Kier alpha value is -4.13. The molecule has 0 radical (unpaired) electrons. The van der Waals surface area contributed by atoms with E-state index in [2.05, 4.69) is 10.6 Å². The van der Waals surface area contributed by atoms with Crippen LogP contribution in [0.25, 0.3) is 0 Å². The maximum Gasteiger partial charge on any atom is 0.339 e. The second-order valence-corrected chi connectivity index (χ2v) is 6.55. The number of carbonyl (C=O) groups excluding carboxylic acids is 2. The maximum atomic E-state index is 12.2. The molecule has 30 heavy (non-hydrogen) atoms. The Balaban J connectivity index is 1.76. The van der Waals surface area contributed by atoms with E-state index in [4.69, 9.17) is 0 Å². The van der Waals surface area contributed by atoms with Gasteiger partial charge in [-0.25, -0.2) is 4.79 Å². The number of carbonyl (C=O) groups is 3. The molecule has 0 aliphatic heterocycles. The van der Waals surface area contributed by atoms with Crippen molar-refractivity contribution >= 4 is 17.8 Å². The van der Waals surface area contributed by atoms with Crippen molar-refractivity contribution in [3.63, 3.8) is 0 Å². The van der Waals surface area contributed by atoms with Crippen LogP contribution in [0, 0.1) is 0 Å². The number of aromatic carboxylic acids is 1. The molecule has 0 bridgehead atoms. The number of carboxylic acids is 1. The van der Waals surface area contributed by atoms with Gasteiger partial charge in [-0.15, -0.1) is 0 Å². The lowest BCUT2D eigenvalue weighted by molar-refractivity contribution is 0.0693. The van der Waals surface area contributed by atoms with Crippen LogP contribution in [0.15, 0.2) is 72.8 Å². The molecule has 3 aromatic rings. The highest BCUT2D eigenvalue weighted by atomic mass is 16.4. The molecule has 152 valence electrons. The maximum absolute atomic E-state index is 12.2. The van der Waals surface area contributed by atoms with Gasteiger partial charge in [0.25, 0.3) is 11.8 Å². The average Bonchev–Trinajstić information content (AvgIpc) is 2.78. The second-order valence-electron chi connectivity index (χ2n) is 6.55. The van der Waals surface area contributed by atoms with E-state index in [0.29, 0.717) is 16.7 Å². The third kappa shape index (κ3) is 5.02. The van der Waals surface area contributed by atoms with Gasteiger partial charge in [-0.1, -0.05) is 36.4 Å². The summed E-state index contributed by atoms with van der Waals surface area (Å²) in [6, 6.07) is 20.0. The van der Waals surface area contributed by atoms with Crippen LogP contribution in [0.2, 0.25) is 0 Å². The minimum absolute atomic E-state index is 0.0634. The molecule has 0 fully saturated rings. The summed E-state index contributed by atoms with van der Waals surface area (Å²) in [6.45, 7) is -0.00572. The van der Waals surface area contributed by atoms with Crippen molar-refractivity contribution in [1.82, 2.24) is 10.6 Å². The summed E-state index contributed by atoms with van der Waals surface area (Å²) in [4.78, 5) is 36.0. The third-order valence-electron chi connectivity index (χ3n) is 4.44. The predicted octanol–water partition coefficient (Wildman–Crippen LogP) is 2.95. The number of carboxylic acid groups (broad SMARTS) is 1. The lowest BCUT2D eigenvalue weighted by Crippen LogP contribution is -2.24. The molecule has 0 unspecified atom stereocenters. The summed E-state index contributed by atoms with van der Waals surface area (Å²) in [5.41, 5.74) is 1.35. The molecule has 0 aliphatic carbocycles. The normalized spacial score (nSPS) is 10.3. The number of aromatic hydroxyl groups is 1. The van der Waals surface area contributed by atoms with Gasteiger partial charge in [0.05, 0.1) is 0 Å². The van der Waals surface area contributed by atoms with E-state index in [1.807, 2.05) is 0 Å². The van der Waals surface area contributed by atoms with Crippen LogP contribution in [0.3, 0.4) is 0 Å². The molecule has 0 heterocycles. The van der Waals surface area contributed by atoms with Gasteiger partial charge in [0.15, 0.2) is 0 Å². The quantitative estimate of drug-likeness (QED) is 0.483. The van der Waals surface area contributed by atoms with Crippen LogP contribution in [-0.4, -0.2) is 28.0 Å². The van der Waals surface area contributed by atoms with Gasteiger partial charge in [0.2, 0.25) is 0 Å². The van der Waals surface area contributed by atoms with E-state index in [-0.39, 0.29) is 36.0 Å². The van der Waals surface area contributed by atoms with Crippen molar-refractivity contribution in [2.75, 3.05) is 0 Å².